The molecule has 0 atom stereocenters. The molecule has 0 aliphatic rings. The zero-order valence-corrected chi connectivity index (χ0v) is 16.3. The Hall–Kier alpha value is -2.70. The molecule has 27 heavy (non-hydrogen) atoms. The summed E-state index contributed by atoms with van der Waals surface area (Å²) in [5, 5.41) is 0.922. The molecule has 0 saturated heterocycles. The largest absolute Gasteiger partial charge is 0.283 e. The number of aryl methyl sites for hydroxylation is 1. The number of benzene rings is 3. The molecule has 4 nitrogen and oxygen atoms in total. The molecular formula is C21H18N2O2S2. The molecule has 0 radical (unpaired) electrons. The lowest BCUT2D eigenvalue weighted by Gasteiger charge is -2.09. The summed E-state index contributed by atoms with van der Waals surface area (Å²) in [6.45, 7) is 1.98. The maximum absolute atomic E-state index is 12.4. The van der Waals surface area contributed by atoms with Crippen LogP contribution in [-0.4, -0.2) is 13.4 Å². The van der Waals surface area contributed by atoms with Crippen molar-refractivity contribution in [2.24, 2.45) is 0 Å². The molecule has 0 amide bonds. The highest BCUT2D eigenvalue weighted by Gasteiger charge is 2.12. The first-order chi connectivity index (χ1) is 13.0. The van der Waals surface area contributed by atoms with Crippen LogP contribution in [0.1, 0.15) is 11.1 Å². The van der Waals surface area contributed by atoms with Gasteiger partial charge in [-0.25, -0.2) is 13.4 Å². The van der Waals surface area contributed by atoms with Crippen molar-refractivity contribution in [2.75, 3.05) is 4.72 Å². The van der Waals surface area contributed by atoms with Crippen molar-refractivity contribution >= 4 is 37.3 Å². The molecule has 0 saturated carbocycles. The Kier molecular flexibility index (Phi) is 4.68. The predicted molar refractivity (Wildman–Crippen MR) is 112 cm³/mol. The maximum atomic E-state index is 12.4. The number of sulfonamides is 1. The fourth-order valence-corrected chi connectivity index (χ4v) is 4.97. The zero-order chi connectivity index (χ0) is 18.9. The minimum atomic E-state index is -3.46. The summed E-state index contributed by atoms with van der Waals surface area (Å²) in [7, 11) is -3.46. The van der Waals surface area contributed by atoms with Crippen LogP contribution in [0.3, 0.4) is 0 Å². The van der Waals surface area contributed by atoms with Crippen LogP contribution < -0.4 is 4.72 Å². The number of para-hydroxylation sites is 1. The SMILES string of the molecule is Cc1ccc(CS(=O)(=O)Nc2ccc(-c3nc4ccccc4s3)cc2)cc1. The Morgan fingerprint density at radius 1 is 0.926 bits per heavy atom. The van der Waals surface area contributed by atoms with E-state index >= 15 is 0 Å². The van der Waals surface area contributed by atoms with Gasteiger partial charge in [-0.05, 0) is 48.9 Å². The Labute approximate surface area is 162 Å². The molecule has 3 aromatic carbocycles. The van der Waals surface area contributed by atoms with Crippen molar-refractivity contribution in [3.05, 3.63) is 83.9 Å². The van der Waals surface area contributed by atoms with Crippen LogP contribution in [0.2, 0.25) is 0 Å². The summed E-state index contributed by atoms with van der Waals surface area (Å²) in [5.41, 5.74) is 4.36. The van der Waals surface area contributed by atoms with Crippen LogP contribution in [-0.2, 0) is 15.8 Å². The Morgan fingerprint density at radius 3 is 2.33 bits per heavy atom. The van der Waals surface area contributed by atoms with Gasteiger partial charge in [0.2, 0.25) is 10.0 Å². The lowest BCUT2D eigenvalue weighted by Crippen LogP contribution is -2.15. The minimum Gasteiger partial charge on any atom is -0.283 e. The summed E-state index contributed by atoms with van der Waals surface area (Å²) in [5.74, 6) is -0.0487. The third kappa shape index (κ3) is 4.18. The van der Waals surface area contributed by atoms with E-state index in [1.807, 2.05) is 67.6 Å². The highest BCUT2D eigenvalue weighted by molar-refractivity contribution is 7.91. The summed E-state index contributed by atoms with van der Waals surface area (Å²) in [6.07, 6.45) is 0. The molecule has 1 heterocycles. The Morgan fingerprint density at radius 2 is 1.63 bits per heavy atom. The zero-order valence-electron chi connectivity index (χ0n) is 14.7. The predicted octanol–water partition coefficient (Wildman–Crippen LogP) is 5.21. The topological polar surface area (TPSA) is 59.1 Å². The van der Waals surface area contributed by atoms with Crippen LogP contribution in [0.4, 0.5) is 5.69 Å². The highest BCUT2D eigenvalue weighted by Crippen LogP contribution is 2.30. The molecule has 0 aliphatic carbocycles. The molecule has 0 spiro atoms. The third-order valence-electron chi connectivity index (χ3n) is 4.18. The lowest BCUT2D eigenvalue weighted by molar-refractivity contribution is 0.600. The molecule has 0 fully saturated rings. The quantitative estimate of drug-likeness (QED) is 0.505. The van der Waals surface area contributed by atoms with E-state index in [9.17, 15) is 8.42 Å². The molecule has 0 aliphatic heterocycles. The van der Waals surface area contributed by atoms with Crippen LogP contribution in [0.25, 0.3) is 20.8 Å². The van der Waals surface area contributed by atoms with E-state index in [4.69, 9.17) is 0 Å². The molecule has 4 rings (SSSR count). The van der Waals surface area contributed by atoms with Gasteiger partial charge in [-0.3, -0.25) is 4.72 Å². The average molecular weight is 395 g/mol. The first-order valence-electron chi connectivity index (χ1n) is 8.51. The van der Waals surface area contributed by atoms with E-state index in [1.165, 1.54) is 0 Å². The number of rotatable bonds is 5. The van der Waals surface area contributed by atoms with Crippen molar-refractivity contribution in [3.8, 4) is 10.6 Å². The summed E-state index contributed by atoms with van der Waals surface area (Å²) < 4.78 is 28.6. The number of nitrogens with zero attached hydrogens (tertiary/aromatic N) is 1. The number of thiazole rings is 1. The van der Waals surface area contributed by atoms with Gasteiger partial charge in [0.25, 0.3) is 0 Å². The van der Waals surface area contributed by atoms with E-state index < -0.39 is 10.0 Å². The first-order valence-corrected chi connectivity index (χ1v) is 11.0. The fraction of sp³-hybridized carbons (Fsp3) is 0.0952. The first kappa shape index (κ1) is 17.7. The van der Waals surface area contributed by atoms with Gasteiger partial charge in [0.05, 0.1) is 16.0 Å². The summed E-state index contributed by atoms with van der Waals surface area (Å²) in [4.78, 5) is 4.63. The number of anilines is 1. The normalized spacial score (nSPS) is 11.6. The highest BCUT2D eigenvalue weighted by atomic mass is 32.2. The summed E-state index contributed by atoms with van der Waals surface area (Å²) >= 11 is 1.62. The van der Waals surface area contributed by atoms with Crippen LogP contribution in [0, 0.1) is 6.92 Å². The van der Waals surface area contributed by atoms with Crippen molar-refractivity contribution in [3.63, 3.8) is 0 Å². The van der Waals surface area contributed by atoms with Gasteiger partial charge < -0.3 is 0 Å². The maximum Gasteiger partial charge on any atom is 0.236 e. The van der Waals surface area contributed by atoms with Crippen LogP contribution in [0.5, 0.6) is 0 Å². The van der Waals surface area contributed by atoms with Crippen molar-refractivity contribution < 1.29 is 8.42 Å². The molecule has 0 unspecified atom stereocenters. The van der Waals surface area contributed by atoms with E-state index in [0.29, 0.717) is 5.69 Å². The molecule has 4 aromatic rings. The van der Waals surface area contributed by atoms with Crippen LogP contribution in [0.15, 0.2) is 72.8 Å². The molecule has 136 valence electrons. The van der Waals surface area contributed by atoms with Gasteiger partial charge in [-0.2, -0.15) is 0 Å². The molecule has 6 heteroatoms. The molecule has 0 bridgehead atoms. The van der Waals surface area contributed by atoms with Gasteiger partial charge in [-0.15, -0.1) is 11.3 Å². The van der Waals surface area contributed by atoms with Gasteiger partial charge in [0, 0.05) is 11.3 Å². The number of fused-ring (bicyclic) bond motifs is 1. The van der Waals surface area contributed by atoms with E-state index in [2.05, 4.69) is 9.71 Å². The second-order valence-electron chi connectivity index (χ2n) is 6.41. The smallest absolute Gasteiger partial charge is 0.236 e. The van der Waals surface area contributed by atoms with Gasteiger partial charge in [0.15, 0.2) is 0 Å². The Bertz CT molecular complexity index is 1150. The molecule has 1 N–H and O–H groups in total. The van der Waals surface area contributed by atoms with E-state index in [0.717, 1.165) is 31.9 Å². The second kappa shape index (κ2) is 7.13. The fourth-order valence-electron chi connectivity index (χ4n) is 2.80. The van der Waals surface area contributed by atoms with Gasteiger partial charge in [0.1, 0.15) is 5.01 Å². The average Bonchev–Trinajstić information content (AvgIpc) is 3.08. The van der Waals surface area contributed by atoms with E-state index in [-0.39, 0.29) is 5.75 Å². The van der Waals surface area contributed by atoms with Crippen LogP contribution >= 0.6 is 11.3 Å². The minimum absolute atomic E-state index is 0.0487. The van der Waals surface area contributed by atoms with Crippen molar-refractivity contribution in [2.45, 2.75) is 12.7 Å². The monoisotopic (exact) mass is 394 g/mol. The lowest BCUT2D eigenvalue weighted by atomic mass is 10.2. The number of aromatic nitrogens is 1. The molecule has 1 aromatic heterocycles. The van der Waals surface area contributed by atoms with E-state index in [1.54, 1.807) is 23.5 Å². The van der Waals surface area contributed by atoms with Gasteiger partial charge in [-0.1, -0.05) is 42.0 Å². The number of nitrogens with one attached hydrogen (secondary N) is 1. The van der Waals surface area contributed by atoms with Crippen molar-refractivity contribution in [1.29, 1.82) is 0 Å². The summed E-state index contributed by atoms with van der Waals surface area (Å²) in [6, 6.07) is 22.8. The number of hydrogen-bond donors (Lipinski definition) is 1. The standard InChI is InChI=1S/C21H18N2O2S2/c1-15-6-8-16(9-7-15)14-27(24,25)23-18-12-10-17(11-13-18)21-22-19-4-2-3-5-20(19)26-21/h2-13,23H,14H2,1H3. The number of hydrogen-bond acceptors (Lipinski definition) is 4. The van der Waals surface area contributed by atoms with Gasteiger partial charge >= 0.3 is 0 Å². The molecular weight excluding hydrogens is 376 g/mol. The Balaban J connectivity index is 1.50. The second-order valence-corrected chi connectivity index (χ2v) is 9.16. The third-order valence-corrected chi connectivity index (χ3v) is 6.52. The van der Waals surface area contributed by atoms with Crippen molar-refractivity contribution in [1.82, 2.24) is 4.98 Å².